The molecule has 0 aliphatic carbocycles. The molecule has 0 spiro atoms. The minimum absolute atomic E-state index is 0.210. The number of para-hydroxylation sites is 1. The Kier molecular flexibility index (Phi) is 2.68. The first-order valence-corrected chi connectivity index (χ1v) is 4.84. The summed E-state index contributed by atoms with van der Waals surface area (Å²) in [6.45, 7) is 0. The predicted molar refractivity (Wildman–Crippen MR) is 61.4 cm³/mol. The molecule has 0 aromatic heterocycles. The highest BCUT2D eigenvalue weighted by Crippen LogP contribution is 2.27. The van der Waals surface area contributed by atoms with Crippen molar-refractivity contribution < 1.29 is 4.39 Å². The summed E-state index contributed by atoms with van der Waals surface area (Å²) in [5.41, 5.74) is 2.91. The Morgan fingerprint density at radius 3 is 2.53 bits per heavy atom. The molecular formula is C13H12FN. The normalized spacial score (nSPS) is 10.0. The van der Waals surface area contributed by atoms with E-state index in [9.17, 15) is 4.39 Å². The van der Waals surface area contributed by atoms with Crippen molar-refractivity contribution >= 4 is 5.69 Å². The maximum atomic E-state index is 13.1. The molecule has 0 atom stereocenters. The molecule has 0 aliphatic heterocycles. The molecule has 0 saturated carbocycles. The molecule has 0 saturated heterocycles. The van der Waals surface area contributed by atoms with Crippen molar-refractivity contribution in [2.45, 2.75) is 0 Å². The van der Waals surface area contributed by atoms with Gasteiger partial charge < -0.3 is 5.32 Å². The number of rotatable bonds is 2. The average molecular weight is 201 g/mol. The average Bonchev–Trinajstić information content (AvgIpc) is 2.29. The first-order valence-electron chi connectivity index (χ1n) is 4.84. The van der Waals surface area contributed by atoms with Crippen LogP contribution in [0.5, 0.6) is 0 Å². The van der Waals surface area contributed by atoms with Crippen LogP contribution in [0.3, 0.4) is 0 Å². The van der Waals surface area contributed by atoms with Crippen LogP contribution in [0.4, 0.5) is 10.1 Å². The molecule has 0 bridgehead atoms. The van der Waals surface area contributed by atoms with Crippen LogP contribution in [-0.2, 0) is 0 Å². The van der Waals surface area contributed by atoms with Gasteiger partial charge in [0.05, 0.1) is 0 Å². The maximum Gasteiger partial charge on any atom is 0.123 e. The molecule has 2 aromatic rings. The van der Waals surface area contributed by atoms with Gasteiger partial charge in [0, 0.05) is 18.3 Å². The van der Waals surface area contributed by atoms with Crippen LogP contribution in [0.15, 0.2) is 48.5 Å². The van der Waals surface area contributed by atoms with E-state index in [1.807, 2.05) is 37.4 Å². The second-order valence-corrected chi connectivity index (χ2v) is 3.31. The highest BCUT2D eigenvalue weighted by atomic mass is 19.1. The zero-order chi connectivity index (χ0) is 10.7. The third-order valence-electron chi connectivity index (χ3n) is 2.33. The molecule has 76 valence electrons. The Balaban J connectivity index is 2.53. The summed E-state index contributed by atoms with van der Waals surface area (Å²) in [5.74, 6) is -0.210. The lowest BCUT2D eigenvalue weighted by Gasteiger charge is -2.08. The van der Waals surface area contributed by atoms with E-state index < -0.39 is 0 Å². The Morgan fingerprint density at radius 2 is 1.80 bits per heavy atom. The standard InChI is InChI=1S/C13H12FN/c1-15-13-8-3-2-7-12(13)10-5-4-6-11(14)9-10/h2-9,15H,1H3. The van der Waals surface area contributed by atoms with E-state index >= 15 is 0 Å². The molecule has 0 amide bonds. The number of hydrogen-bond donors (Lipinski definition) is 1. The molecule has 1 nitrogen and oxygen atoms in total. The van der Waals surface area contributed by atoms with Gasteiger partial charge in [0.15, 0.2) is 0 Å². The van der Waals surface area contributed by atoms with Crippen molar-refractivity contribution in [3.8, 4) is 11.1 Å². The lowest BCUT2D eigenvalue weighted by molar-refractivity contribution is 0.628. The Hall–Kier alpha value is -1.83. The van der Waals surface area contributed by atoms with Crippen molar-refractivity contribution in [3.63, 3.8) is 0 Å². The summed E-state index contributed by atoms with van der Waals surface area (Å²) in [4.78, 5) is 0. The minimum Gasteiger partial charge on any atom is -0.388 e. The van der Waals surface area contributed by atoms with E-state index in [2.05, 4.69) is 5.32 Å². The van der Waals surface area contributed by atoms with Crippen LogP contribution in [0.1, 0.15) is 0 Å². The second-order valence-electron chi connectivity index (χ2n) is 3.31. The van der Waals surface area contributed by atoms with Gasteiger partial charge in [0.25, 0.3) is 0 Å². The third kappa shape index (κ3) is 1.99. The zero-order valence-corrected chi connectivity index (χ0v) is 8.50. The van der Waals surface area contributed by atoms with Crippen molar-refractivity contribution in [2.24, 2.45) is 0 Å². The molecule has 0 aliphatic rings. The van der Waals surface area contributed by atoms with Gasteiger partial charge in [-0.15, -0.1) is 0 Å². The fraction of sp³-hybridized carbons (Fsp3) is 0.0769. The van der Waals surface area contributed by atoms with Gasteiger partial charge in [-0.3, -0.25) is 0 Å². The number of benzene rings is 2. The summed E-state index contributed by atoms with van der Waals surface area (Å²) in [7, 11) is 1.86. The van der Waals surface area contributed by atoms with Crippen LogP contribution in [0.25, 0.3) is 11.1 Å². The lowest BCUT2D eigenvalue weighted by atomic mass is 10.0. The minimum atomic E-state index is -0.210. The molecule has 2 aromatic carbocycles. The van der Waals surface area contributed by atoms with Gasteiger partial charge in [-0.1, -0.05) is 30.3 Å². The van der Waals surface area contributed by atoms with E-state index in [0.29, 0.717) is 0 Å². The Bertz CT molecular complexity index is 466. The van der Waals surface area contributed by atoms with Crippen LogP contribution in [0, 0.1) is 5.82 Å². The van der Waals surface area contributed by atoms with Crippen LogP contribution in [0.2, 0.25) is 0 Å². The van der Waals surface area contributed by atoms with Crippen molar-refractivity contribution in [1.29, 1.82) is 0 Å². The quantitative estimate of drug-likeness (QED) is 0.783. The molecule has 0 radical (unpaired) electrons. The van der Waals surface area contributed by atoms with E-state index in [0.717, 1.165) is 16.8 Å². The molecule has 0 unspecified atom stereocenters. The second kappa shape index (κ2) is 4.13. The van der Waals surface area contributed by atoms with Gasteiger partial charge >= 0.3 is 0 Å². The number of halogens is 1. The summed E-state index contributed by atoms with van der Waals surface area (Å²) in [6.07, 6.45) is 0. The smallest absolute Gasteiger partial charge is 0.123 e. The van der Waals surface area contributed by atoms with Crippen LogP contribution >= 0.6 is 0 Å². The first kappa shape index (κ1) is 9.71. The Morgan fingerprint density at radius 1 is 1.00 bits per heavy atom. The SMILES string of the molecule is CNc1ccccc1-c1cccc(F)c1. The summed E-state index contributed by atoms with van der Waals surface area (Å²) in [5, 5.41) is 3.09. The fourth-order valence-electron chi connectivity index (χ4n) is 1.61. The monoisotopic (exact) mass is 201 g/mol. The summed E-state index contributed by atoms with van der Waals surface area (Å²) in [6, 6.07) is 14.5. The number of hydrogen-bond acceptors (Lipinski definition) is 1. The van der Waals surface area contributed by atoms with Crippen LogP contribution in [-0.4, -0.2) is 7.05 Å². The molecule has 15 heavy (non-hydrogen) atoms. The van der Waals surface area contributed by atoms with E-state index in [-0.39, 0.29) is 5.82 Å². The van der Waals surface area contributed by atoms with Gasteiger partial charge in [-0.2, -0.15) is 0 Å². The summed E-state index contributed by atoms with van der Waals surface area (Å²) >= 11 is 0. The van der Waals surface area contributed by atoms with Crippen LogP contribution < -0.4 is 5.32 Å². The molecular weight excluding hydrogens is 189 g/mol. The van der Waals surface area contributed by atoms with E-state index in [4.69, 9.17) is 0 Å². The first-order chi connectivity index (χ1) is 7.31. The lowest BCUT2D eigenvalue weighted by Crippen LogP contribution is -1.91. The van der Waals surface area contributed by atoms with E-state index in [1.165, 1.54) is 12.1 Å². The van der Waals surface area contributed by atoms with Crippen molar-refractivity contribution in [3.05, 3.63) is 54.3 Å². The van der Waals surface area contributed by atoms with Crippen molar-refractivity contribution in [2.75, 3.05) is 12.4 Å². The fourth-order valence-corrected chi connectivity index (χ4v) is 1.61. The van der Waals surface area contributed by atoms with Gasteiger partial charge in [-0.25, -0.2) is 4.39 Å². The highest BCUT2D eigenvalue weighted by Gasteiger charge is 2.03. The molecule has 0 heterocycles. The molecule has 0 fully saturated rings. The largest absolute Gasteiger partial charge is 0.388 e. The number of nitrogens with one attached hydrogen (secondary N) is 1. The van der Waals surface area contributed by atoms with Gasteiger partial charge in [0.2, 0.25) is 0 Å². The number of anilines is 1. The summed E-state index contributed by atoms with van der Waals surface area (Å²) < 4.78 is 13.1. The Labute approximate surface area is 88.6 Å². The van der Waals surface area contributed by atoms with Gasteiger partial charge in [0.1, 0.15) is 5.82 Å². The maximum absolute atomic E-state index is 13.1. The molecule has 1 N–H and O–H groups in total. The third-order valence-corrected chi connectivity index (χ3v) is 2.33. The topological polar surface area (TPSA) is 12.0 Å². The molecule has 2 rings (SSSR count). The zero-order valence-electron chi connectivity index (χ0n) is 8.50. The predicted octanol–water partition coefficient (Wildman–Crippen LogP) is 3.53. The highest BCUT2D eigenvalue weighted by molar-refractivity contribution is 5.77. The molecule has 2 heteroatoms. The van der Waals surface area contributed by atoms with Gasteiger partial charge in [-0.05, 0) is 23.8 Å². The van der Waals surface area contributed by atoms with E-state index in [1.54, 1.807) is 6.07 Å². The van der Waals surface area contributed by atoms with Crippen molar-refractivity contribution in [1.82, 2.24) is 0 Å².